The van der Waals surface area contributed by atoms with Gasteiger partial charge in [0.15, 0.2) is 10.9 Å². The lowest BCUT2D eigenvalue weighted by atomic mass is 10.1. The lowest BCUT2D eigenvalue weighted by molar-refractivity contribution is 0.423. The van der Waals surface area contributed by atoms with Crippen molar-refractivity contribution >= 4 is 28.8 Å². The summed E-state index contributed by atoms with van der Waals surface area (Å²) in [6, 6.07) is 7.84. The first-order valence-electron chi connectivity index (χ1n) is 5.21. The minimum absolute atomic E-state index is 0.492. The standard InChI is InChI=1S/C12H13N3OS/c1-8-3-4-10(9(2)7-8)13-12(17)14-11-5-6-16-15-11/h3-7H,1-2H3,(H2,13,14,15,17). The molecule has 0 aliphatic carbocycles. The molecule has 1 aromatic carbocycles. The molecule has 88 valence electrons. The van der Waals surface area contributed by atoms with E-state index in [2.05, 4.69) is 28.8 Å². The van der Waals surface area contributed by atoms with E-state index >= 15 is 0 Å². The van der Waals surface area contributed by atoms with Crippen molar-refractivity contribution in [3.63, 3.8) is 0 Å². The van der Waals surface area contributed by atoms with Crippen LogP contribution in [0.5, 0.6) is 0 Å². The van der Waals surface area contributed by atoms with E-state index in [9.17, 15) is 0 Å². The van der Waals surface area contributed by atoms with Gasteiger partial charge in [-0.25, -0.2) is 0 Å². The molecule has 0 radical (unpaired) electrons. The van der Waals surface area contributed by atoms with Gasteiger partial charge in [-0.15, -0.1) is 0 Å². The summed E-state index contributed by atoms with van der Waals surface area (Å²) in [5.74, 6) is 0.590. The van der Waals surface area contributed by atoms with Gasteiger partial charge >= 0.3 is 0 Å². The van der Waals surface area contributed by atoms with Crippen molar-refractivity contribution < 1.29 is 4.52 Å². The van der Waals surface area contributed by atoms with Gasteiger partial charge in [-0.2, -0.15) is 0 Å². The van der Waals surface area contributed by atoms with E-state index in [-0.39, 0.29) is 0 Å². The maximum absolute atomic E-state index is 5.17. The topological polar surface area (TPSA) is 50.1 Å². The van der Waals surface area contributed by atoms with Gasteiger partial charge in [0.25, 0.3) is 0 Å². The van der Waals surface area contributed by atoms with Gasteiger partial charge in [-0.05, 0) is 37.7 Å². The molecule has 0 aliphatic rings. The van der Waals surface area contributed by atoms with Crippen LogP contribution >= 0.6 is 12.2 Å². The fourth-order valence-electron chi connectivity index (χ4n) is 1.50. The number of nitrogens with zero attached hydrogens (tertiary/aromatic N) is 1. The molecule has 0 aliphatic heterocycles. The van der Waals surface area contributed by atoms with E-state index in [1.54, 1.807) is 6.07 Å². The Balaban J connectivity index is 2.03. The number of hydrogen-bond acceptors (Lipinski definition) is 3. The number of nitrogens with one attached hydrogen (secondary N) is 2. The van der Waals surface area contributed by atoms with E-state index in [0.717, 1.165) is 11.3 Å². The molecule has 0 bridgehead atoms. The van der Waals surface area contributed by atoms with Gasteiger partial charge in [-0.1, -0.05) is 22.9 Å². The Labute approximate surface area is 105 Å². The van der Waals surface area contributed by atoms with Crippen LogP contribution in [-0.4, -0.2) is 10.3 Å². The van der Waals surface area contributed by atoms with E-state index in [0.29, 0.717) is 10.9 Å². The fourth-order valence-corrected chi connectivity index (χ4v) is 1.72. The number of anilines is 2. The third kappa shape index (κ3) is 3.04. The summed E-state index contributed by atoms with van der Waals surface area (Å²) in [6.45, 7) is 4.09. The first-order chi connectivity index (χ1) is 8.15. The molecule has 2 rings (SSSR count). The summed E-state index contributed by atoms with van der Waals surface area (Å²) in [4.78, 5) is 0. The van der Waals surface area contributed by atoms with E-state index in [1.165, 1.54) is 11.8 Å². The quantitative estimate of drug-likeness (QED) is 0.799. The molecule has 0 spiro atoms. The molecule has 0 unspecified atom stereocenters. The highest BCUT2D eigenvalue weighted by atomic mass is 32.1. The van der Waals surface area contributed by atoms with Crippen LogP contribution in [0.15, 0.2) is 35.1 Å². The molecule has 2 aromatic rings. The van der Waals surface area contributed by atoms with Gasteiger partial charge in [-0.3, -0.25) is 0 Å². The summed E-state index contributed by atoms with van der Waals surface area (Å²) in [5, 5.41) is 10.3. The van der Waals surface area contributed by atoms with Crippen LogP contribution in [0.3, 0.4) is 0 Å². The number of benzene rings is 1. The summed E-state index contributed by atoms with van der Waals surface area (Å²) < 4.78 is 4.71. The van der Waals surface area contributed by atoms with E-state index < -0.39 is 0 Å². The number of rotatable bonds is 2. The van der Waals surface area contributed by atoms with Crippen molar-refractivity contribution in [1.29, 1.82) is 0 Å². The number of hydrogen-bond donors (Lipinski definition) is 2. The van der Waals surface area contributed by atoms with Gasteiger partial charge in [0, 0.05) is 11.8 Å². The number of aryl methyl sites for hydroxylation is 2. The second-order valence-corrected chi connectivity index (χ2v) is 4.19. The first-order valence-corrected chi connectivity index (χ1v) is 5.61. The van der Waals surface area contributed by atoms with Gasteiger partial charge in [0.1, 0.15) is 6.26 Å². The maximum atomic E-state index is 5.17. The Bertz CT molecular complexity index is 523. The Morgan fingerprint density at radius 2 is 2.06 bits per heavy atom. The molecule has 4 nitrogen and oxygen atoms in total. The molecular formula is C12H13N3OS. The highest BCUT2D eigenvalue weighted by Gasteiger charge is 2.03. The summed E-state index contributed by atoms with van der Waals surface area (Å²) in [5.41, 5.74) is 3.36. The zero-order valence-electron chi connectivity index (χ0n) is 9.65. The monoisotopic (exact) mass is 247 g/mol. The van der Waals surface area contributed by atoms with Gasteiger partial charge in [0.05, 0.1) is 0 Å². The highest BCUT2D eigenvalue weighted by molar-refractivity contribution is 7.80. The Morgan fingerprint density at radius 1 is 1.24 bits per heavy atom. The van der Waals surface area contributed by atoms with Crippen molar-refractivity contribution in [2.24, 2.45) is 0 Å². The second-order valence-electron chi connectivity index (χ2n) is 3.78. The lowest BCUT2D eigenvalue weighted by Crippen LogP contribution is -2.19. The van der Waals surface area contributed by atoms with E-state index in [1.807, 2.05) is 19.1 Å². The summed E-state index contributed by atoms with van der Waals surface area (Å²) >= 11 is 5.17. The molecule has 0 atom stereocenters. The molecule has 1 heterocycles. The molecule has 0 saturated heterocycles. The lowest BCUT2D eigenvalue weighted by Gasteiger charge is -2.11. The molecule has 0 amide bonds. The maximum Gasteiger partial charge on any atom is 0.176 e. The SMILES string of the molecule is Cc1ccc(NC(=S)Nc2ccon2)c(C)c1. The third-order valence-electron chi connectivity index (χ3n) is 2.31. The predicted molar refractivity (Wildman–Crippen MR) is 72.3 cm³/mol. The predicted octanol–water partition coefficient (Wildman–Crippen LogP) is 3.10. The minimum atomic E-state index is 0.492. The van der Waals surface area contributed by atoms with Crippen LogP contribution in [0.4, 0.5) is 11.5 Å². The minimum Gasteiger partial charge on any atom is -0.363 e. The van der Waals surface area contributed by atoms with Crippen molar-refractivity contribution in [1.82, 2.24) is 5.16 Å². The zero-order chi connectivity index (χ0) is 12.3. The number of aromatic nitrogens is 1. The van der Waals surface area contributed by atoms with Crippen LogP contribution in [0.2, 0.25) is 0 Å². The van der Waals surface area contributed by atoms with Crippen LogP contribution in [-0.2, 0) is 0 Å². The fraction of sp³-hybridized carbons (Fsp3) is 0.167. The van der Waals surface area contributed by atoms with E-state index in [4.69, 9.17) is 16.7 Å². The molecule has 2 N–H and O–H groups in total. The van der Waals surface area contributed by atoms with Crippen LogP contribution < -0.4 is 10.6 Å². The third-order valence-corrected chi connectivity index (χ3v) is 2.51. The molecule has 0 fully saturated rings. The second kappa shape index (κ2) is 4.97. The van der Waals surface area contributed by atoms with Crippen molar-refractivity contribution in [3.05, 3.63) is 41.7 Å². The normalized spacial score (nSPS) is 10.0. The average Bonchev–Trinajstić information content (AvgIpc) is 2.75. The number of thiocarbonyl (C=S) groups is 1. The molecular weight excluding hydrogens is 234 g/mol. The molecule has 0 saturated carbocycles. The summed E-state index contributed by atoms with van der Waals surface area (Å²) in [6.07, 6.45) is 1.49. The molecule has 5 heteroatoms. The zero-order valence-corrected chi connectivity index (χ0v) is 10.5. The van der Waals surface area contributed by atoms with Gasteiger partial charge < -0.3 is 15.2 Å². The molecule has 1 aromatic heterocycles. The highest BCUT2D eigenvalue weighted by Crippen LogP contribution is 2.16. The van der Waals surface area contributed by atoms with Crippen LogP contribution in [0.25, 0.3) is 0 Å². The Kier molecular flexibility index (Phi) is 3.39. The average molecular weight is 247 g/mol. The first kappa shape index (κ1) is 11.6. The van der Waals surface area contributed by atoms with Crippen LogP contribution in [0.1, 0.15) is 11.1 Å². The van der Waals surface area contributed by atoms with Crippen molar-refractivity contribution in [2.75, 3.05) is 10.6 Å². The van der Waals surface area contributed by atoms with Crippen LogP contribution in [0, 0.1) is 13.8 Å². The Morgan fingerprint density at radius 3 is 2.71 bits per heavy atom. The largest absolute Gasteiger partial charge is 0.363 e. The summed E-state index contributed by atoms with van der Waals surface area (Å²) in [7, 11) is 0. The molecule has 17 heavy (non-hydrogen) atoms. The Hall–Kier alpha value is -1.88. The smallest absolute Gasteiger partial charge is 0.176 e. The van der Waals surface area contributed by atoms with Gasteiger partial charge in [0.2, 0.25) is 0 Å². The van der Waals surface area contributed by atoms with Crippen molar-refractivity contribution in [2.45, 2.75) is 13.8 Å². The van der Waals surface area contributed by atoms with Crippen molar-refractivity contribution in [3.8, 4) is 0 Å².